The van der Waals surface area contributed by atoms with Gasteiger partial charge < -0.3 is 11.1 Å². The van der Waals surface area contributed by atoms with E-state index < -0.39 is 11.7 Å². The minimum Gasteiger partial charge on any atom is -0.359 e. The Bertz CT molecular complexity index is 1150. The van der Waals surface area contributed by atoms with Crippen LogP contribution in [0.15, 0.2) is 42.6 Å². The number of anilines is 1. The van der Waals surface area contributed by atoms with Crippen molar-refractivity contribution in [2.24, 2.45) is 5.73 Å². The second-order valence-corrected chi connectivity index (χ2v) is 8.00. The Kier molecular flexibility index (Phi) is 5.44. The van der Waals surface area contributed by atoms with Gasteiger partial charge in [-0.3, -0.25) is 5.10 Å². The monoisotopic (exact) mass is 432 g/mol. The van der Waals surface area contributed by atoms with Crippen molar-refractivity contribution in [3.63, 3.8) is 0 Å². The van der Waals surface area contributed by atoms with Crippen molar-refractivity contribution in [3.8, 4) is 10.6 Å². The summed E-state index contributed by atoms with van der Waals surface area (Å²) in [4.78, 5) is 0. The number of hydrogen-bond acceptors (Lipinski definition) is 6. The molecule has 0 fully saturated rings. The number of nitrogens with zero attached hydrogens (tertiary/aromatic N) is 3. The summed E-state index contributed by atoms with van der Waals surface area (Å²) in [6.45, 7) is 2.44. The predicted molar refractivity (Wildman–Crippen MR) is 111 cm³/mol. The Balaban J connectivity index is 1.37. The Morgan fingerprint density at radius 2 is 1.90 bits per heavy atom. The number of aromatic amines is 1. The maximum Gasteiger partial charge on any atom is 0.416 e. The SMILES string of the molecule is Cc1c(-c2nnc(NC[C@@H](N)Cc3ccc(C(F)(F)F)cc3)s2)ccc2[nH]ncc12. The molecule has 2 aromatic heterocycles. The first-order valence-electron chi connectivity index (χ1n) is 9.23. The van der Waals surface area contributed by atoms with Crippen molar-refractivity contribution in [3.05, 3.63) is 59.3 Å². The lowest BCUT2D eigenvalue weighted by Gasteiger charge is -2.13. The van der Waals surface area contributed by atoms with E-state index in [-0.39, 0.29) is 6.04 Å². The molecule has 0 bridgehead atoms. The maximum absolute atomic E-state index is 12.6. The Hall–Kier alpha value is -2.98. The maximum atomic E-state index is 12.6. The van der Waals surface area contributed by atoms with Crippen LogP contribution < -0.4 is 11.1 Å². The van der Waals surface area contributed by atoms with E-state index in [1.807, 2.05) is 19.1 Å². The third-order valence-electron chi connectivity index (χ3n) is 4.84. The van der Waals surface area contributed by atoms with Gasteiger partial charge >= 0.3 is 6.18 Å². The van der Waals surface area contributed by atoms with Crippen LogP contribution in [-0.2, 0) is 12.6 Å². The number of benzene rings is 2. The van der Waals surface area contributed by atoms with E-state index in [1.54, 1.807) is 6.20 Å². The van der Waals surface area contributed by atoms with E-state index in [0.29, 0.717) is 18.1 Å². The lowest BCUT2D eigenvalue weighted by molar-refractivity contribution is -0.137. The molecular formula is C20H19F3N6S. The summed E-state index contributed by atoms with van der Waals surface area (Å²) >= 11 is 1.42. The molecule has 0 unspecified atom stereocenters. The largest absolute Gasteiger partial charge is 0.416 e. The zero-order valence-electron chi connectivity index (χ0n) is 16.0. The first kappa shape index (κ1) is 20.3. The highest BCUT2D eigenvalue weighted by Gasteiger charge is 2.29. The fourth-order valence-electron chi connectivity index (χ4n) is 3.22. The second-order valence-electron chi connectivity index (χ2n) is 7.02. The summed E-state index contributed by atoms with van der Waals surface area (Å²) in [6.07, 6.45) is -2.10. The molecule has 4 N–H and O–H groups in total. The normalized spacial score (nSPS) is 13.0. The minimum absolute atomic E-state index is 0.280. The number of nitrogens with one attached hydrogen (secondary N) is 2. The molecule has 2 aromatic carbocycles. The number of aromatic nitrogens is 4. The van der Waals surface area contributed by atoms with Crippen molar-refractivity contribution < 1.29 is 13.2 Å². The van der Waals surface area contributed by atoms with Crippen LogP contribution in [0.4, 0.5) is 18.3 Å². The number of H-pyrrole nitrogens is 1. The predicted octanol–water partition coefficient (Wildman–Crippen LogP) is 4.39. The first-order chi connectivity index (χ1) is 14.3. The van der Waals surface area contributed by atoms with Gasteiger partial charge in [0.1, 0.15) is 5.01 Å². The molecule has 10 heteroatoms. The molecule has 4 rings (SSSR count). The number of aryl methyl sites for hydroxylation is 1. The van der Waals surface area contributed by atoms with Gasteiger partial charge in [-0.15, -0.1) is 10.2 Å². The summed E-state index contributed by atoms with van der Waals surface area (Å²) in [5.74, 6) is 0. The van der Waals surface area contributed by atoms with E-state index in [9.17, 15) is 13.2 Å². The Morgan fingerprint density at radius 1 is 1.13 bits per heavy atom. The van der Waals surface area contributed by atoms with Crippen LogP contribution >= 0.6 is 11.3 Å². The molecule has 156 valence electrons. The lowest BCUT2D eigenvalue weighted by atomic mass is 10.0. The van der Waals surface area contributed by atoms with Crippen molar-refractivity contribution in [2.45, 2.75) is 25.6 Å². The van der Waals surface area contributed by atoms with Crippen LogP contribution in [0.3, 0.4) is 0 Å². The van der Waals surface area contributed by atoms with Gasteiger partial charge in [-0.2, -0.15) is 18.3 Å². The summed E-state index contributed by atoms with van der Waals surface area (Å²) in [5, 5.41) is 21.1. The highest BCUT2D eigenvalue weighted by atomic mass is 32.1. The highest BCUT2D eigenvalue weighted by Crippen LogP contribution is 2.32. The van der Waals surface area contributed by atoms with Crippen LogP contribution in [0, 0.1) is 6.92 Å². The number of hydrogen-bond donors (Lipinski definition) is 3. The number of fused-ring (bicyclic) bond motifs is 1. The molecule has 2 heterocycles. The molecule has 6 nitrogen and oxygen atoms in total. The van der Waals surface area contributed by atoms with Gasteiger partial charge in [-0.25, -0.2) is 0 Å². The molecule has 0 aliphatic rings. The molecule has 0 radical (unpaired) electrons. The molecule has 30 heavy (non-hydrogen) atoms. The first-order valence-corrected chi connectivity index (χ1v) is 10.0. The third kappa shape index (κ3) is 4.29. The van der Waals surface area contributed by atoms with Gasteiger partial charge in [-0.1, -0.05) is 23.5 Å². The van der Waals surface area contributed by atoms with Gasteiger partial charge in [0.15, 0.2) is 0 Å². The van der Waals surface area contributed by atoms with Gasteiger partial charge in [0, 0.05) is 23.5 Å². The molecule has 0 spiro atoms. The summed E-state index contributed by atoms with van der Waals surface area (Å²) in [5.41, 5.74) is 9.24. The molecule has 0 aliphatic carbocycles. The number of rotatable bonds is 6. The van der Waals surface area contributed by atoms with E-state index in [0.717, 1.165) is 44.7 Å². The molecule has 4 aromatic rings. The molecular weight excluding hydrogens is 413 g/mol. The number of nitrogens with two attached hydrogens (primary N) is 1. The van der Waals surface area contributed by atoms with Gasteiger partial charge in [0.05, 0.1) is 17.3 Å². The molecule has 0 saturated carbocycles. The smallest absolute Gasteiger partial charge is 0.359 e. The van der Waals surface area contributed by atoms with E-state index in [4.69, 9.17) is 5.73 Å². The van der Waals surface area contributed by atoms with Crippen molar-refractivity contribution in [1.29, 1.82) is 0 Å². The standard InChI is InChI=1S/C20H19F3N6S/c1-11-15(6-7-17-16(11)10-26-27-17)18-28-29-19(30-18)25-9-14(24)8-12-2-4-13(5-3-12)20(21,22)23/h2-7,10,14H,8-9,24H2,1H3,(H,25,29)(H,26,27)/t14-/m0/s1. The van der Waals surface area contributed by atoms with Crippen molar-refractivity contribution in [2.75, 3.05) is 11.9 Å². The zero-order valence-corrected chi connectivity index (χ0v) is 16.8. The molecule has 0 amide bonds. The van der Waals surface area contributed by atoms with Crippen LogP contribution in [0.25, 0.3) is 21.5 Å². The van der Waals surface area contributed by atoms with E-state index in [2.05, 4.69) is 25.7 Å². The summed E-state index contributed by atoms with van der Waals surface area (Å²) < 4.78 is 37.9. The van der Waals surface area contributed by atoms with Crippen LogP contribution in [-0.4, -0.2) is 33.0 Å². The van der Waals surface area contributed by atoms with Crippen molar-refractivity contribution in [1.82, 2.24) is 20.4 Å². The van der Waals surface area contributed by atoms with E-state index >= 15 is 0 Å². The number of halogens is 3. The van der Waals surface area contributed by atoms with Gasteiger partial charge in [0.2, 0.25) is 5.13 Å². The van der Waals surface area contributed by atoms with Crippen LogP contribution in [0.5, 0.6) is 0 Å². The summed E-state index contributed by atoms with van der Waals surface area (Å²) in [7, 11) is 0. The van der Waals surface area contributed by atoms with Crippen molar-refractivity contribution >= 4 is 27.4 Å². The Morgan fingerprint density at radius 3 is 2.63 bits per heavy atom. The quantitative estimate of drug-likeness (QED) is 0.420. The van der Waals surface area contributed by atoms with E-state index in [1.165, 1.54) is 23.5 Å². The highest BCUT2D eigenvalue weighted by molar-refractivity contribution is 7.18. The molecule has 0 saturated heterocycles. The average Bonchev–Trinajstić information content (AvgIpc) is 3.36. The Labute approximate surface area is 174 Å². The third-order valence-corrected chi connectivity index (χ3v) is 5.76. The lowest BCUT2D eigenvalue weighted by Crippen LogP contribution is -2.31. The second kappa shape index (κ2) is 8.04. The topological polar surface area (TPSA) is 92.5 Å². The fourth-order valence-corrected chi connectivity index (χ4v) is 4.05. The van der Waals surface area contributed by atoms with Gasteiger partial charge in [-0.05, 0) is 48.7 Å². The van der Waals surface area contributed by atoms with Gasteiger partial charge in [0.25, 0.3) is 0 Å². The summed E-state index contributed by atoms with van der Waals surface area (Å²) in [6, 6.07) is 8.73. The average molecular weight is 432 g/mol. The fraction of sp³-hybridized carbons (Fsp3) is 0.250. The zero-order chi connectivity index (χ0) is 21.3. The molecule has 0 aliphatic heterocycles. The van der Waals surface area contributed by atoms with Crippen LogP contribution in [0.2, 0.25) is 0 Å². The van der Waals surface area contributed by atoms with Crippen LogP contribution in [0.1, 0.15) is 16.7 Å². The number of alkyl halides is 3. The molecule has 1 atom stereocenters. The minimum atomic E-state index is -4.34.